The smallest absolute Gasteiger partial charge is 0.309 e. The fourth-order valence-electron chi connectivity index (χ4n) is 3.72. The number of carbonyl (C=O) groups is 1. The van der Waals surface area contributed by atoms with E-state index in [0.717, 1.165) is 0 Å². The van der Waals surface area contributed by atoms with Crippen molar-refractivity contribution in [1.82, 2.24) is 4.31 Å². The van der Waals surface area contributed by atoms with Crippen LogP contribution in [0.4, 0.5) is 4.39 Å². The number of halogens is 2. The topological polar surface area (TPSA) is 82.1 Å². The molecule has 2 aromatic rings. The summed E-state index contributed by atoms with van der Waals surface area (Å²) in [5.41, 5.74) is 1.01. The number of benzene rings is 2. The number of hydrogen-bond donors (Lipinski definition) is 0. The van der Waals surface area contributed by atoms with Gasteiger partial charge in [0, 0.05) is 29.2 Å². The third kappa shape index (κ3) is 4.85. The summed E-state index contributed by atoms with van der Waals surface area (Å²) in [6.07, 6.45) is 0.689. The molecule has 1 fully saturated rings. The summed E-state index contributed by atoms with van der Waals surface area (Å²) in [4.78, 5) is 12.7. The van der Waals surface area contributed by atoms with Gasteiger partial charge < -0.3 is 14.2 Å². The molecule has 7 nitrogen and oxygen atoms in total. The molecule has 0 aliphatic carbocycles. The van der Waals surface area contributed by atoms with Gasteiger partial charge in [-0.3, -0.25) is 4.79 Å². The maximum absolute atomic E-state index is 13.8. The molecule has 2 aliphatic heterocycles. The number of rotatable bonds is 5. The van der Waals surface area contributed by atoms with E-state index >= 15 is 0 Å². The van der Waals surface area contributed by atoms with E-state index in [1.165, 1.54) is 40.7 Å². The molecule has 2 aliphatic rings. The van der Waals surface area contributed by atoms with Gasteiger partial charge in [0.15, 0.2) is 6.79 Å². The van der Waals surface area contributed by atoms with Crippen LogP contribution in [0.15, 0.2) is 41.3 Å². The number of nitrogens with zero attached hydrogens (tertiary/aromatic N) is 1. The molecule has 0 aromatic heterocycles. The number of carbonyl (C=O) groups excluding carboxylic acids is 1. The number of hydrogen-bond acceptors (Lipinski definition) is 6. The zero-order chi connectivity index (χ0) is 22.0. The van der Waals surface area contributed by atoms with Gasteiger partial charge in [-0.05, 0) is 49.2 Å². The molecular weight excluding hydrogens is 449 g/mol. The molecule has 0 unspecified atom stereocenters. The van der Waals surface area contributed by atoms with Crippen LogP contribution in [0, 0.1) is 11.7 Å². The Morgan fingerprint density at radius 1 is 1.19 bits per heavy atom. The van der Waals surface area contributed by atoms with E-state index in [2.05, 4.69) is 0 Å². The highest BCUT2D eigenvalue weighted by atomic mass is 35.5. The number of sulfonamides is 1. The summed E-state index contributed by atoms with van der Waals surface area (Å²) in [6, 6.07) is 8.59. The fraction of sp³-hybridized carbons (Fsp3) is 0.381. The highest BCUT2D eigenvalue weighted by molar-refractivity contribution is 7.89. The van der Waals surface area contributed by atoms with Crippen molar-refractivity contribution in [2.24, 2.45) is 5.92 Å². The van der Waals surface area contributed by atoms with Crippen LogP contribution in [0.5, 0.6) is 5.75 Å². The Balaban J connectivity index is 1.35. The molecule has 0 radical (unpaired) electrons. The number of esters is 1. The zero-order valence-electron chi connectivity index (χ0n) is 16.6. The van der Waals surface area contributed by atoms with Gasteiger partial charge in [0.25, 0.3) is 0 Å². The first-order chi connectivity index (χ1) is 14.8. The minimum Gasteiger partial charge on any atom is -0.467 e. The van der Waals surface area contributed by atoms with Crippen molar-refractivity contribution in [3.05, 3.63) is 58.4 Å². The molecule has 2 heterocycles. The van der Waals surface area contributed by atoms with E-state index in [-0.39, 0.29) is 38.0 Å². The van der Waals surface area contributed by atoms with Crippen molar-refractivity contribution < 1.29 is 31.8 Å². The molecule has 0 spiro atoms. The van der Waals surface area contributed by atoms with Gasteiger partial charge >= 0.3 is 5.97 Å². The zero-order valence-corrected chi connectivity index (χ0v) is 18.1. The monoisotopic (exact) mass is 469 g/mol. The molecule has 166 valence electrons. The van der Waals surface area contributed by atoms with Gasteiger partial charge in [0.1, 0.15) is 18.2 Å². The quantitative estimate of drug-likeness (QED) is 0.623. The summed E-state index contributed by atoms with van der Waals surface area (Å²) >= 11 is 5.83. The molecule has 0 atom stereocenters. The van der Waals surface area contributed by atoms with Crippen LogP contribution in [0.25, 0.3) is 0 Å². The second kappa shape index (κ2) is 9.12. The number of fused-ring (bicyclic) bond motifs is 1. The van der Waals surface area contributed by atoms with E-state index < -0.39 is 27.7 Å². The maximum Gasteiger partial charge on any atom is 0.309 e. The second-order valence-corrected chi connectivity index (χ2v) is 9.78. The van der Waals surface area contributed by atoms with Gasteiger partial charge in [-0.2, -0.15) is 4.31 Å². The van der Waals surface area contributed by atoms with Gasteiger partial charge in [-0.25, -0.2) is 12.8 Å². The first-order valence-electron chi connectivity index (χ1n) is 9.79. The van der Waals surface area contributed by atoms with E-state index in [1.54, 1.807) is 0 Å². The van der Waals surface area contributed by atoms with Gasteiger partial charge in [-0.15, -0.1) is 0 Å². The predicted octanol–water partition coefficient (Wildman–Crippen LogP) is 3.49. The third-order valence-electron chi connectivity index (χ3n) is 5.36. The predicted molar refractivity (Wildman–Crippen MR) is 109 cm³/mol. The standard InChI is InChI=1S/C21H21ClFNO6S/c22-17-1-3-19(4-2-17)31(26,27)24-7-5-14(6-8-24)21(25)29-12-16-10-18(23)9-15-11-28-13-30-20(15)16/h1-4,9-10,14H,5-8,11-13H2. The van der Waals surface area contributed by atoms with E-state index in [0.29, 0.717) is 34.7 Å². The minimum absolute atomic E-state index is 0.0557. The van der Waals surface area contributed by atoms with Crippen LogP contribution in [-0.4, -0.2) is 38.6 Å². The van der Waals surface area contributed by atoms with E-state index in [1.807, 2.05) is 0 Å². The van der Waals surface area contributed by atoms with Crippen LogP contribution in [0.2, 0.25) is 5.02 Å². The molecule has 1 saturated heterocycles. The summed E-state index contributed by atoms with van der Waals surface area (Å²) in [5.74, 6) is -0.845. The minimum atomic E-state index is -3.65. The summed E-state index contributed by atoms with van der Waals surface area (Å²) in [7, 11) is -3.65. The van der Waals surface area contributed by atoms with Crippen LogP contribution in [0.1, 0.15) is 24.0 Å². The van der Waals surface area contributed by atoms with Crippen molar-refractivity contribution in [3.8, 4) is 5.75 Å². The highest BCUT2D eigenvalue weighted by Gasteiger charge is 2.33. The van der Waals surface area contributed by atoms with Crippen LogP contribution >= 0.6 is 11.6 Å². The van der Waals surface area contributed by atoms with E-state index in [9.17, 15) is 17.6 Å². The second-order valence-electron chi connectivity index (χ2n) is 7.40. The molecule has 0 saturated carbocycles. The Labute approximate surface area is 184 Å². The molecule has 0 amide bonds. The highest BCUT2D eigenvalue weighted by Crippen LogP contribution is 2.31. The van der Waals surface area contributed by atoms with Gasteiger partial charge in [-0.1, -0.05) is 11.6 Å². The average molecular weight is 470 g/mol. The van der Waals surface area contributed by atoms with Gasteiger partial charge in [0.2, 0.25) is 10.0 Å². The van der Waals surface area contributed by atoms with E-state index in [4.69, 9.17) is 25.8 Å². The Kier molecular flexibility index (Phi) is 6.47. The van der Waals surface area contributed by atoms with Crippen molar-refractivity contribution in [1.29, 1.82) is 0 Å². The van der Waals surface area contributed by atoms with Crippen molar-refractivity contribution in [2.45, 2.75) is 31.0 Å². The molecule has 0 bridgehead atoms. The maximum atomic E-state index is 13.8. The molecule has 4 rings (SSSR count). The molecule has 0 N–H and O–H groups in total. The lowest BCUT2D eigenvalue weighted by Gasteiger charge is -2.30. The molecule has 10 heteroatoms. The lowest BCUT2D eigenvalue weighted by Crippen LogP contribution is -2.40. The van der Waals surface area contributed by atoms with Crippen molar-refractivity contribution >= 4 is 27.6 Å². The summed E-state index contributed by atoms with van der Waals surface area (Å²) in [6.45, 7) is 0.581. The lowest BCUT2D eigenvalue weighted by atomic mass is 9.98. The van der Waals surface area contributed by atoms with Crippen molar-refractivity contribution in [3.63, 3.8) is 0 Å². The third-order valence-corrected chi connectivity index (χ3v) is 7.53. The Morgan fingerprint density at radius 3 is 2.61 bits per heavy atom. The SMILES string of the molecule is O=C(OCc1cc(F)cc2c1OCOC2)C1CCN(S(=O)(=O)c2ccc(Cl)cc2)CC1. The van der Waals surface area contributed by atoms with Crippen molar-refractivity contribution in [2.75, 3.05) is 19.9 Å². The Hall–Kier alpha value is -2.20. The number of piperidine rings is 1. The lowest BCUT2D eigenvalue weighted by molar-refractivity contribution is -0.151. The Morgan fingerprint density at radius 2 is 1.90 bits per heavy atom. The summed E-state index contributed by atoms with van der Waals surface area (Å²) in [5, 5.41) is 0.456. The van der Waals surface area contributed by atoms with Crippen LogP contribution in [0.3, 0.4) is 0 Å². The first kappa shape index (κ1) is 22.0. The molecule has 31 heavy (non-hydrogen) atoms. The Bertz CT molecular complexity index is 1070. The molecule has 2 aromatic carbocycles. The average Bonchev–Trinajstić information content (AvgIpc) is 2.77. The van der Waals surface area contributed by atoms with Crippen LogP contribution in [-0.2, 0) is 37.5 Å². The fourth-order valence-corrected chi connectivity index (χ4v) is 5.31. The van der Waals surface area contributed by atoms with Gasteiger partial charge in [0.05, 0.1) is 17.4 Å². The van der Waals surface area contributed by atoms with Crippen LogP contribution < -0.4 is 4.74 Å². The summed E-state index contributed by atoms with van der Waals surface area (Å²) < 4.78 is 56.7. The number of ether oxygens (including phenoxy) is 3. The first-order valence-corrected chi connectivity index (χ1v) is 11.6. The largest absolute Gasteiger partial charge is 0.467 e. The normalized spacial score (nSPS) is 17.6. The molecular formula is C21H21ClFNO6S.